The highest BCUT2D eigenvalue weighted by Crippen LogP contribution is 2.20. The lowest BCUT2D eigenvalue weighted by Gasteiger charge is -2.18. The lowest BCUT2D eigenvalue weighted by Crippen LogP contribution is -2.30. The summed E-state index contributed by atoms with van der Waals surface area (Å²) in [6.45, 7) is 0. The molecule has 0 spiro atoms. The van der Waals surface area contributed by atoms with Crippen LogP contribution in [0, 0.1) is 9.39 Å². The minimum absolute atomic E-state index is 0.106. The van der Waals surface area contributed by atoms with E-state index in [0.29, 0.717) is 11.3 Å². The van der Waals surface area contributed by atoms with Gasteiger partial charge in [-0.05, 0) is 64.6 Å². The van der Waals surface area contributed by atoms with Gasteiger partial charge in [-0.15, -0.1) is 0 Å². The molecule has 1 amide bonds. The van der Waals surface area contributed by atoms with Gasteiger partial charge in [-0.2, -0.15) is 0 Å². The highest BCUT2D eigenvalue weighted by Gasteiger charge is 2.20. The molecule has 0 unspecified atom stereocenters. The van der Waals surface area contributed by atoms with E-state index in [0.717, 1.165) is 9.83 Å². The lowest BCUT2D eigenvalue weighted by atomic mass is 10.0. The Hall–Kier alpha value is -1.52. The summed E-state index contributed by atoms with van der Waals surface area (Å²) in [5, 5.41) is 2.72. The fourth-order valence-electron chi connectivity index (χ4n) is 2.11. The van der Waals surface area contributed by atoms with Crippen LogP contribution in [-0.4, -0.2) is 20.6 Å². The number of nitrogens with one attached hydrogen (secondary N) is 2. The fraction of sp³-hybridized carbons (Fsp3) is 0.188. The Bertz CT molecular complexity index is 808. The topological polar surface area (TPSA) is 75.3 Å². The monoisotopic (exact) mass is 462 g/mol. The van der Waals surface area contributed by atoms with Gasteiger partial charge in [0.05, 0.1) is 12.3 Å². The van der Waals surface area contributed by atoms with Crippen molar-refractivity contribution in [3.63, 3.8) is 0 Å². The SMILES string of the molecule is CS(=O)(=O)N[C@H](CC(=O)Nc1ccc(I)cc1)c1ccc(F)cc1. The lowest BCUT2D eigenvalue weighted by molar-refractivity contribution is -0.116. The maximum Gasteiger partial charge on any atom is 0.226 e. The molecule has 2 rings (SSSR count). The van der Waals surface area contributed by atoms with E-state index in [4.69, 9.17) is 0 Å². The van der Waals surface area contributed by atoms with Crippen LogP contribution in [0.25, 0.3) is 0 Å². The summed E-state index contributed by atoms with van der Waals surface area (Å²) >= 11 is 2.16. The third-order valence-corrected chi connectivity index (χ3v) is 4.58. The number of hydrogen-bond donors (Lipinski definition) is 2. The van der Waals surface area contributed by atoms with Crippen molar-refractivity contribution in [3.05, 3.63) is 63.5 Å². The van der Waals surface area contributed by atoms with Crippen LogP contribution < -0.4 is 10.0 Å². The number of hydrogen-bond acceptors (Lipinski definition) is 3. The van der Waals surface area contributed by atoms with E-state index >= 15 is 0 Å². The first kappa shape index (κ1) is 18.8. The molecule has 2 N–H and O–H groups in total. The zero-order valence-corrected chi connectivity index (χ0v) is 15.8. The second-order valence-electron chi connectivity index (χ2n) is 5.25. The zero-order chi connectivity index (χ0) is 17.7. The van der Waals surface area contributed by atoms with Gasteiger partial charge in [-0.3, -0.25) is 4.79 Å². The summed E-state index contributed by atoms with van der Waals surface area (Å²) in [6.07, 6.45) is 0.908. The molecule has 2 aromatic rings. The molecule has 0 bridgehead atoms. The standard InChI is InChI=1S/C16H16FIN2O3S/c1-24(22,23)20-15(11-2-4-12(17)5-3-11)10-16(21)19-14-8-6-13(18)7-9-14/h2-9,15,20H,10H2,1H3,(H,19,21)/t15-/m1/s1. The first-order valence-electron chi connectivity index (χ1n) is 7.01. The molecule has 0 radical (unpaired) electrons. The Labute approximate surface area is 153 Å². The molecule has 8 heteroatoms. The summed E-state index contributed by atoms with van der Waals surface area (Å²) in [5.74, 6) is -0.776. The van der Waals surface area contributed by atoms with Gasteiger partial charge < -0.3 is 5.32 Å². The molecule has 0 heterocycles. The number of carbonyl (C=O) groups excluding carboxylic acids is 1. The molecular weight excluding hydrogens is 446 g/mol. The van der Waals surface area contributed by atoms with Crippen LogP contribution in [0.2, 0.25) is 0 Å². The molecule has 0 saturated heterocycles. The number of amides is 1. The molecule has 128 valence electrons. The van der Waals surface area contributed by atoms with Crippen molar-refractivity contribution in [1.29, 1.82) is 0 Å². The van der Waals surface area contributed by atoms with Crippen molar-refractivity contribution in [2.24, 2.45) is 0 Å². The summed E-state index contributed by atoms with van der Waals surface area (Å²) in [4.78, 5) is 12.2. The number of halogens is 2. The molecular formula is C16H16FIN2O3S. The van der Waals surface area contributed by atoms with Gasteiger partial charge in [0, 0.05) is 15.7 Å². The van der Waals surface area contributed by atoms with Crippen LogP contribution in [0.4, 0.5) is 10.1 Å². The number of benzene rings is 2. The second kappa shape index (κ2) is 8.04. The van der Waals surface area contributed by atoms with E-state index in [9.17, 15) is 17.6 Å². The van der Waals surface area contributed by atoms with E-state index in [2.05, 4.69) is 32.6 Å². The van der Waals surface area contributed by atoms with Crippen LogP contribution in [-0.2, 0) is 14.8 Å². The van der Waals surface area contributed by atoms with Crippen LogP contribution in [0.5, 0.6) is 0 Å². The second-order valence-corrected chi connectivity index (χ2v) is 8.28. The molecule has 0 aliphatic rings. The van der Waals surface area contributed by atoms with Gasteiger partial charge >= 0.3 is 0 Å². The van der Waals surface area contributed by atoms with Gasteiger partial charge in [0.25, 0.3) is 0 Å². The van der Waals surface area contributed by atoms with Crippen molar-refractivity contribution < 1.29 is 17.6 Å². The van der Waals surface area contributed by atoms with Crippen molar-refractivity contribution in [1.82, 2.24) is 4.72 Å². The number of anilines is 1. The van der Waals surface area contributed by atoms with Crippen LogP contribution in [0.15, 0.2) is 48.5 Å². The van der Waals surface area contributed by atoms with Gasteiger partial charge in [-0.1, -0.05) is 12.1 Å². The maximum atomic E-state index is 13.1. The minimum atomic E-state index is -3.53. The molecule has 5 nitrogen and oxygen atoms in total. The Morgan fingerprint density at radius 2 is 1.71 bits per heavy atom. The summed E-state index contributed by atoms with van der Waals surface area (Å²) in [5.41, 5.74) is 1.14. The van der Waals surface area contributed by atoms with E-state index in [1.807, 2.05) is 12.1 Å². The highest BCUT2D eigenvalue weighted by atomic mass is 127. The molecule has 1 atom stereocenters. The Morgan fingerprint density at radius 1 is 1.12 bits per heavy atom. The van der Waals surface area contributed by atoms with Crippen molar-refractivity contribution in [3.8, 4) is 0 Å². The van der Waals surface area contributed by atoms with Crippen LogP contribution in [0.1, 0.15) is 18.0 Å². The van der Waals surface area contributed by atoms with Gasteiger partial charge in [0.15, 0.2) is 0 Å². The molecule has 0 aliphatic heterocycles. The van der Waals surface area contributed by atoms with Gasteiger partial charge in [0.1, 0.15) is 5.82 Å². The Balaban J connectivity index is 2.13. The van der Waals surface area contributed by atoms with E-state index < -0.39 is 21.9 Å². The molecule has 0 saturated carbocycles. The van der Waals surface area contributed by atoms with E-state index in [1.54, 1.807) is 12.1 Å². The summed E-state index contributed by atoms with van der Waals surface area (Å²) in [6, 6.07) is 11.8. The van der Waals surface area contributed by atoms with Gasteiger partial charge in [0.2, 0.25) is 15.9 Å². The predicted molar refractivity (Wildman–Crippen MR) is 99.5 cm³/mol. The van der Waals surface area contributed by atoms with Crippen LogP contribution in [0.3, 0.4) is 0 Å². The normalized spacial score (nSPS) is 12.6. The van der Waals surface area contributed by atoms with E-state index in [1.165, 1.54) is 24.3 Å². The first-order valence-corrected chi connectivity index (χ1v) is 9.98. The fourth-order valence-corrected chi connectivity index (χ4v) is 3.21. The van der Waals surface area contributed by atoms with Crippen molar-refractivity contribution in [2.75, 3.05) is 11.6 Å². The molecule has 2 aromatic carbocycles. The maximum absolute atomic E-state index is 13.1. The minimum Gasteiger partial charge on any atom is -0.326 e. The van der Waals surface area contributed by atoms with Gasteiger partial charge in [-0.25, -0.2) is 17.5 Å². The first-order chi connectivity index (χ1) is 11.2. The van der Waals surface area contributed by atoms with Crippen molar-refractivity contribution >= 4 is 44.2 Å². The Kier molecular flexibility index (Phi) is 6.30. The van der Waals surface area contributed by atoms with Crippen molar-refractivity contribution in [2.45, 2.75) is 12.5 Å². The highest BCUT2D eigenvalue weighted by molar-refractivity contribution is 14.1. The molecule has 0 aromatic heterocycles. The number of sulfonamides is 1. The zero-order valence-electron chi connectivity index (χ0n) is 12.8. The molecule has 0 fully saturated rings. The average Bonchev–Trinajstić information content (AvgIpc) is 2.48. The third-order valence-electron chi connectivity index (χ3n) is 3.15. The summed E-state index contributed by atoms with van der Waals surface area (Å²) < 4.78 is 39.6. The predicted octanol–water partition coefficient (Wildman–Crippen LogP) is 3.05. The molecule has 0 aliphatic carbocycles. The smallest absolute Gasteiger partial charge is 0.226 e. The number of rotatable bonds is 6. The third kappa shape index (κ3) is 6.17. The average molecular weight is 462 g/mol. The Morgan fingerprint density at radius 3 is 2.25 bits per heavy atom. The summed E-state index contributed by atoms with van der Waals surface area (Å²) in [7, 11) is -3.53. The van der Waals surface area contributed by atoms with Crippen LogP contribution >= 0.6 is 22.6 Å². The largest absolute Gasteiger partial charge is 0.326 e. The number of carbonyl (C=O) groups is 1. The quantitative estimate of drug-likeness (QED) is 0.649. The van der Waals surface area contributed by atoms with E-state index in [-0.39, 0.29) is 12.3 Å². The molecule has 24 heavy (non-hydrogen) atoms.